The third kappa shape index (κ3) is 2.95. The number of thiophene rings is 1. The number of rotatable bonds is 5. The van der Waals surface area contributed by atoms with Gasteiger partial charge in [-0.05, 0) is 66.3 Å². The second-order valence-corrected chi connectivity index (χ2v) is 6.69. The maximum absolute atomic E-state index is 12.6. The molecular weight excluding hydrogens is 280 g/mol. The molecule has 0 radical (unpaired) electrons. The van der Waals surface area contributed by atoms with E-state index in [4.69, 9.17) is 5.73 Å². The minimum atomic E-state index is -0.323. The van der Waals surface area contributed by atoms with Crippen molar-refractivity contribution in [3.8, 4) is 0 Å². The molecule has 1 saturated carbocycles. The maximum atomic E-state index is 12.6. The van der Waals surface area contributed by atoms with Gasteiger partial charge in [-0.15, -0.1) is 0 Å². The molecule has 0 saturated heterocycles. The third-order valence-corrected chi connectivity index (χ3v) is 4.88. The van der Waals surface area contributed by atoms with Crippen molar-refractivity contribution in [2.75, 3.05) is 5.73 Å². The summed E-state index contributed by atoms with van der Waals surface area (Å²) in [5.74, 6) is 0.148. The average Bonchev–Trinajstić information content (AvgIpc) is 3.12. The van der Waals surface area contributed by atoms with Gasteiger partial charge in [-0.1, -0.05) is 12.1 Å². The Kier molecular flexibility index (Phi) is 3.72. The van der Waals surface area contributed by atoms with Crippen LogP contribution in [0.2, 0.25) is 0 Å². The molecule has 1 aliphatic carbocycles. The number of amides is 1. The van der Waals surface area contributed by atoms with E-state index in [9.17, 15) is 4.79 Å². The van der Waals surface area contributed by atoms with Crippen molar-refractivity contribution in [2.45, 2.75) is 37.6 Å². The Morgan fingerprint density at radius 3 is 2.62 bits per heavy atom. The summed E-state index contributed by atoms with van der Waals surface area (Å²) in [7, 11) is 0. The second-order valence-electron chi connectivity index (χ2n) is 5.91. The Labute approximate surface area is 129 Å². The van der Waals surface area contributed by atoms with Crippen LogP contribution in [-0.2, 0) is 16.6 Å². The van der Waals surface area contributed by atoms with Gasteiger partial charge in [0.15, 0.2) is 0 Å². The van der Waals surface area contributed by atoms with Crippen molar-refractivity contribution in [1.29, 1.82) is 0 Å². The van der Waals surface area contributed by atoms with E-state index >= 15 is 0 Å². The predicted molar refractivity (Wildman–Crippen MR) is 87.4 cm³/mol. The SMILES string of the molecule is CC(Cc1ccsc1)NC(=O)C1(c2ccc(N)cc2)CC1. The molecule has 1 aromatic heterocycles. The van der Waals surface area contributed by atoms with Gasteiger partial charge in [-0.3, -0.25) is 4.79 Å². The van der Waals surface area contributed by atoms with Crippen molar-refractivity contribution < 1.29 is 4.79 Å². The van der Waals surface area contributed by atoms with E-state index in [-0.39, 0.29) is 17.4 Å². The Morgan fingerprint density at radius 1 is 1.33 bits per heavy atom. The molecule has 0 spiro atoms. The maximum Gasteiger partial charge on any atom is 0.230 e. The number of carbonyl (C=O) groups is 1. The standard InChI is InChI=1S/C17H20N2OS/c1-12(10-13-6-9-21-11-13)19-16(20)17(7-8-17)14-2-4-15(18)5-3-14/h2-6,9,11-12H,7-8,10,18H2,1H3,(H,19,20). The highest BCUT2D eigenvalue weighted by molar-refractivity contribution is 7.07. The Bertz CT molecular complexity index is 615. The molecule has 0 bridgehead atoms. The Morgan fingerprint density at radius 2 is 2.05 bits per heavy atom. The monoisotopic (exact) mass is 300 g/mol. The van der Waals surface area contributed by atoms with Crippen LogP contribution in [-0.4, -0.2) is 11.9 Å². The molecule has 1 aromatic carbocycles. The van der Waals surface area contributed by atoms with Crippen LogP contribution in [0.15, 0.2) is 41.1 Å². The number of nitrogens with one attached hydrogen (secondary N) is 1. The molecule has 0 aliphatic heterocycles. The molecule has 1 amide bonds. The van der Waals surface area contributed by atoms with E-state index in [1.54, 1.807) is 11.3 Å². The first-order valence-electron chi connectivity index (χ1n) is 7.28. The molecule has 4 heteroatoms. The molecule has 1 aliphatic rings. The molecule has 110 valence electrons. The van der Waals surface area contributed by atoms with Crippen molar-refractivity contribution in [3.05, 3.63) is 52.2 Å². The lowest BCUT2D eigenvalue weighted by Crippen LogP contribution is -2.41. The smallest absolute Gasteiger partial charge is 0.230 e. The third-order valence-electron chi connectivity index (χ3n) is 4.15. The summed E-state index contributed by atoms with van der Waals surface area (Å²) in [6.07, 6.45) is 2.73. The van der Waals surface area contributed by atoms with Crippen LogP contribution in [0.5, 0.6) is 0 Å². The Hall–Kier alpha value is -1.81. The van der Waals surface area contributed by atoms with E-state index in [1.165, 1.54) is 5.56 Å². The average molecular weight is 300 g/mol. The lowest BCUT2D eigenvalue weighted by molar-refractivity contribution is -0.124. The fourth-order valence-corrected chi connectivity index (χ4v) is 3.43. The van der Waals surface area contributed by atoms with Crippen LogP contribution >= 0.6 is 11.3 Å². The number of anilines is 1. The van der Waals surface area contributed by atoms with Gasteiger partial charge in [0.25, 0.3) is 0 Å². The van der Waals surface area contributed by atoms with Crippen molar-refractivity contribution in [1.82, 2.24) is 5.32 Å². The summed E-state index contributed by atoms with van der Waals surface area (Å²) in [6.45, 7) is 2.06. The van der Waals surface area contributed by atoms with Crippen molar-refractivity contribution in [2.24, 2.45) is 0 Å². The van der Waals surface area contributed by atoms with Crippen LogP contribution in [0.4, 0.5) is 5.69 Å². The van der Waals surface area contributed by atoms with Gasteiger partial charge in [-0.25, -0.2) is 0 Å². The first-order chi connectivity index (χ1) is 10.1. The van der Waals surface area contributed by atoms with Crippen LogP contribution in [0.25, 0.3) is 0 Å². The molecular formula is C17H20N2OS. The highest BCUT2D eigenvalue weighted by Crippen LogP contribution is 2.48. The quantitative estimate of drug-likeness (QED) is 0.834. The zero-order chi connectivity index (χ0) is 14.9. The lowest BCUT2D eigenvalue weighted by atomic mass is 9.94. The van der Waals surface area contributed by atoms with Crippen LogP contribution in [0.1, 0.15) is 30.9 Å². The predicted octanol–water partition coefficient (Wildman–Crippen LogP) is 3.11. The van der Waals surface area contributed by atoms with E-state index in [2.05, 4.69) is 29.1 Å². The van der Waals surface area contributed by atoms with E-state index in [0.717, 1.165) is 30.5 Å². The summed E-state index contributed by atoms with van der Waals surface area (Å²) in [6, 6.07) is 9.96. The number of hydrogen-bond donors (Lipinski definition) is 2. The highest BCUT2D eigenvalue weighted by atomic mass is 32.1. The van der Waals surface area contributed by atoms with Gasteiger partial charge in [0, 0.05) is 11.7 Å². The minimum Gasteiger partial charge on any atom is -0.399 e. The number of nitrogens with two attached hydrogens (primary N) is 1. The van der Waals surface area contributed by atoms with Crippen molar-refractivity contribution >= 4 is 22.9 Å². The molecule has 21 heavy (non-hydrogen) atoms. The molecule has 3 rings (SSSR count). The number of benzene rings is 1. The van der Waals surface area contributed by atoms with Gasteiger partial charge < -0.3 is 11.1 Å². The van der Waals surface area contributed by atoms with Gasteiger partial charge in [0.1, 0.15) is 0 Å². The van der Waals surface area contributed by atoms with Gasteiger partial charge >= 0.3 is 0 Å². The van der Waals surface area contributed by atoms with E-state index < -0.39 is 0 Å². The van der Waals surface area contributed by atoms with Gasteiger partial charge in [-0.2, -0.15) is 11.3 Å². The first kappa shape index (κ1) is 14.1. The van der Waals surface area contributed by atoms with E-state index in [1.807, 2.05) is 24.3 Å². The zero-order valence-electron chi connectivity index (χ0n) is 12.1. The number of hydrogen-bond acceptors (Lipinski definition) is 3. The first-order valence-corrected chi connectivity index (χ1v) is 8.22. The van der Waals surface area contributed by atoms with Gasteiger partial charge in [0.05, 0.1) is 5.41 Å². The van der Waals surface area contributed by atoms with Crippen LogP contribution in [0.3, 0.4) is 0 Å². The Balaban J connectivity index is 1.66. The minimum absolute atomic E-state index is 0.148. The molecule has 1 heterocycles. The fraction of sp³-hybridized carbons (Fsp3) is 0.353. The number of nitrogen functional groups attached to an aromatic ring is 1. The van der Waals surface area contributed by atoms with Crippen molar-refractivity contribution in [3.63, 3.8) is 0 Å². The summed E-state index contributed by atoms with van der Waals surface area (Å²) in [4.78, 5) is 12.6. The van der Waals surface area contributed by atoms with Gasteiger partial charge in [0.2, 0.25) is 5.91 Å². The normalized spacial score (nSPS) is 17.2. The molecule has 1 atom stereocenters. The molecule has 3 nitrogen and oxygen atoms in total. The van der Waals surface area contributed by atoms with E-state index in [0.29, 0.717) is 0 Å². The van der Waals surface area contributed by atoms with Crippen LogP contribution in [0, 0.1) is 0 Å². The highest BCUT2D eigenvalue weighted by Gasteiger charge is 2.51. The molecule has 3 N–H and O–H groups in total. The molecule has 1 fully saturated rings. The second kappa shape index (κ2) is 5.53. The number of carbonyl (C=O) groups excluding carboxylic acids is 1. The molecule has 2 aromatic rings. The molecule has 1 unspecified atom stereocenters. The topological polar surface area (TPSA) is 55.1 Å². The van der Waals surface area contributed by atoms with Crippen LogP contribution < -0.4 is 11.1 Å². The summed E-state index contributed by atoms with van der Waals surface area (Å²) >= 11 is 1.69. The summed E-state index contributed by atoms with van der Waals surface area (Å²) in [5, 5.41) is 7.37. The fourth-order valence-electron chi connectivity index (χ4n) is 2.75. The summed E-state index contributed by atoms with van der Waals surface area (Å²) < 4.78 is 0. The largest absolute Gasteiger partial charge is 0.399 e. The summed E-state index contributed by atoms with van der Waals surface area (Å²) in [5.41, 5.74) is 8.50. The zero-order valence-corrected chi connectivity index (χ0v) is 13.0. The lowest BCUT2D eigenvalue weighted by Gasteiger charge is -2.20.